The van der Waals surface area contributed by atoms with Gasteiger partial charge in [-0.1, -0.05) is 17.7 Å². The van der Waals surface area contributed by atoms with Crippen molar-refractivity contribution in [3.8, 4) is 0 Å². The Bertz CT molecular complexity index is 660. The Labute approximate surface area is 129 Å². The van der Waals surface area contributed by atoms with Crippen LogP contribution in [0, 0.1) is 13.8 Å². The molecule has 2 heterocycles. The van der Waals surface area contributed by atoms with Gasteiger partial charge in [-0.15, -0.1) is 0 Å². The van der Waals surface area contributed by atoms with E-state index in [1.165, 1.54) is 0 Å². The van der Waals surface area contributed by atoms with E-state index in [4.69, 9.17) is 11.6 Å². The lowest BCUT2D eigenvalue weighted by atomic mass is 10.2. The molecule has 0 N–H and O–H groups in total. The first-order valence-electron chi connectivity index (χ1n) is 6.72. The van der Waals surface area contributed by atoms with Crippen LogP contribution >= 0.6 is 11.6 Å². The Morgan fingerprint density at radius 2 is 2.00 bits per heavy atom. The van der Waals surface area contributed by atoms with Crippen molar-refractivity contribution < 1.29 is 4.79 Å². The summed E-state index contributed by atoms with van der Waals surface area (Å²) in [6.07, 6.45) is 0.698. The summed E-state index contributed by atoms with van der Waals surface area (Å²) in [6.45, 7) is 6.94. The average molecular weight is 305 g/mol. The Morgan fingerprint density at radius 1 is 1.24 bits per heavy atom. The molecule has 0 saturated heterocycles. The van der Waals surface area contributed by atoms with Crippen LogP contribution in [-0.4, -0.2) is 27.8 Å². The highest BCUT2D eigenvalue weighted by Gasteiger charge is 2.17. The highest BCUT2D eigenvalue weighted by molar-refractivity contribution is 6.32. The number of pyridine rings is 1. The lowest BCUT2D eigenvalue weighted by Crippen LogP contribution is -2.25. The fraction of sp³-hybridized carbons (Fsp3) is 0.333. The number of aldehydes is 1. The molecule has 0 aliphatic carbocycles. The van der Waals surface area contributed by atoms with Crippen molar-refractivity contribution in [3.63, 3.8) is 0 Å². The van der Waals surface area contributed by atoms with Gasteiger partial charge in [-0.05, 0) is 32.9 Å². The average Bonchev–Trinajstić information content (AvgIpc) is 2.44. The molecule has 2 aromatic rings. The molecule has 2 aromatic heterocycles. The second-order valence-electron chi connectivity index (χ2n) is 4.70. The van der Waals surface area contributed by atoms with E-state index in [2.05, 4.69) is 15.0 Å². The van der Waals surface area contributed by atoms with Crippen LogP contribution in [0.4, 0.5) is 5.82 Å². The Morgan fingerprint density at radius 3 is 2.62 bits per heavy atom. The highest BCUT2D eigenvalue weighted by atomic mass is 35.5. The monoisotopic (exact) mass is 304 g/mol. The standard InChI is InChI=1S/C15H17ClN4O/c1-4-20(8-12-7-5-6-10(2)17-12)15-13(9-21)14(16)18-11(3)19-15/h5-7,9H,4,8H2,1-3H3. The van der Waals surface area contributed by atoms with Crippen molar-refractivity contribution in [3.05, 3.63) is 46.1 Å². The topological polar surface area (TPSA) is 59.0 Å². The molecule has 0 unspecified atom stereocenters. The van der Waals surface area contributed by atoms with Crippen LogP contribution in [0.2, 0.25) is 5.15 Å². The first-order valence-corrected chi connectivity index (χ1v) is 7.09. The van der Waals surface area contributed by atoms with Crippen molar-refractivity contribution in [2.45, 2.75) is 27.3 Å². The van der Waals surface area contributed by atoms with Gasteiger partial charge in [-0.25, -0.2) is 9.97 Å². The molecule has 21 heavy (non-hydrogen) atoms. The third-order valence-electron chi connectivity index (χ3n) is 3.09. The number of halogens is 1. The summed E-state index contributed by atoms with van der Waals surface area (Å²) >= 11 is 6.04. The van der Waals surface area contributed by atoms with Gasteiger partial charge in [0.25, 0.3) is 0 Å². The fourth-order valence-electron chi connectivity index (χ4n) is 2.09. The van der Waals surface area contributed by atoms with Crippen LogP contribution in [0.15, 0.2) is 18.2 Å². The molecule has 0 spiro atoms. The van der Waals surface area contributed by atoms with Crippen LogP contribution in [0.25, 0.3) is 0 Å². The minimum Gasteiger partial charge on any atom is -0.350 e. The number of rotatable bonds is 5. The summed E-state index contributed by atoms with van der Waals surface area (Å²) < 4.78 is 0. The third-order valence-corrected chi connectivity index (χ3v) is 3.38. The van der Waals surface area contributed by atoms with Gasteiger partial charge in [0, 0.05) is 12.2 Å². The molecule has 0 amide bonds. The smallest absolute Gasteiger partial charge is 0.156 e. The number of carbonyl (C=O) groups is 1. The van der Waals surface area contributed by atoms with E-state index < -0.39 is 0 Å². The van der Waals surface area contributed by atoms with Gasteiger partial charge in [0.15, 0.2) is 6.29 Å². The highest BCUT2D eigenvalue weighted by Crippen LogP contribution is 2.23. The molecule has 5 nitrogen and oxygen atoms in total. The lowest BCUT2D eigenvalue weighted by molar-refractivity contribution is 0.112. The van der Waals surface area contributed by atoms with E-state index >= 15 is 0 Å². The second-order valence-corrected chi connectivity index (χ2v) is 5.06. The molecule has 0 aliphatic rings. The van der Waals surface area contributed by atoms with Crippen LogP contribution in [0.3, 0.4) is 0 Å². The zero-order valence-corrected chi connectivity index (χ0v) is 13.1. The van der Waals surface area contributed by atoms with Gasteiger partial charge >= 0.3 is 0 Å². The number of nitrogens with zero attached hydrogens (tertiary/aromatic N) is 4. The minimum atomic E-state index is 0.183. The van der Waals surface area contributed by atoms with Gasteiger partial charge in [-0.3, -0.25) is 9.78 Å². The van der Waals surface area contributed by atoms with Crippen molar-refractivity contribution in [1.82, 2.24) is 15.0 Å². The summed E-state index contributed by atoms with van der Waals surface area (Å²) in [5.41, 5.74) is 2.19. The molecular weight excluding hydrogens is 288 g/mol. The molecule has 0 radical (unpaired) electrons. The number of hydrogen-bond acceptors (Lipinski definition) is 5. The number of aromatic nitrogens is 3. The molecule has 6 heteroatoms. The SMILES string of the molecule is CCN(Cc1cccc(C)n1)c1nc(C)nc(Cl)c1C=O. The van der Waals surface area contributed by atoms with Crippen LogP contribution in [0.5, 0.6) is 0 Å². The maximum atomic E-state index is 11.3. The first kappa shape index (κ1) is 15.4. The lowest BCUT2D eigenvalue weighted by Gasteiger charge is -2.23. The van der Waals surface area contributed by atoms with Crippen LogP contribution in [-0.2, 0) is 6.54 Å². The Balaban J connectivity index is 2.40. The van der Waals surface area contributed by atoms with Gasteiger partial charge in [0.05, 0.1) is 17.8 Å². The van der Waals surface area contributed by atoms with Crippen LogP contribution in [0.1, 0.15) is 34.5 Å². The van der Waals surface area contributed by atoms with Gasteiger partial charge in [0.2, 0.25) is 0 Å². The molecule has 0 saturated carbocycles. The normalized spacial score (nSPS) is 10.5. The zero-order valence-electron chi connectivity index (χ0n) is 12.3. The molecule has 0 atom stereocenters. The number of aryl methyl sites for hydroxylation is 2. The van der Waals surface area contributed by atoms with Crippen molar-refractivity contribution in [1.29, 1.82) is 0 Å². The van der Waals surface area contributed by atoms with E-state index in [1.54, 1.807) is 6.92 Å². The molecule has 0 fully saturated rings. The summed E-state index contributed by atoms with van der Waals surface area (Å²) in [6, 6.07) is 5.86. The number of hydrogen-bond donors (Lipinski definition) is 0. The van der Waals surface area contributed by atoms with E-state index in [0.29, 0.717) is 36.6 Å². The quantitative estimate of drug-likeness (QED) is 0.628. The van der Waals surface area contributed by atoms with E-state index in [0.717, 1.165) is 11.4 Å². The van der Waals surface area contributed by atoms with Gasteiger partial charge < -0.3 is 4.90 Å². The van der Waals surface area contributed by atoms with Gasteiger partial charge in [0.1, 0.15) is 16.8 Å². The van der Waals surface area contributed by atoms with Crippen molar-refractivity contribution >= 4 is 23.7 Å². The Kier molecular flexibility index (Phi) is 4.85. The van der Waals surface area contributed by atoms with E-state index in [9.17, 15) is 4.79 Å². The molecular formula is C15H17ClN4O. The second kappa shape index (κ2) is 6.63. The van der Waals surface area contributed by atoms with E-state index in [-0.39, 0.29) is 5.15 Å². The molecule has 0 bridgehead atoms. The zero-order chi connectivity index (χ0) is 15.4. The molecule has 110 valence electrons. The number of anilines is 1. The minimum absolute atomic E-state index is 0.183. The first-order chi connectivity index (χ1) is 10.0. The summed E-state index contributed by atoms with van der Waals surface area (Å²) in [7, 11) is 0. The summed E-state index contributed by atoms with van der Waals surface area (Å²) in [5.74, 6) is 1.09. The van der Waals surface area contributed by atoms with Crippen LogP contribution < -0.4 is 4.90 Å². The molecule has 0 aliphatic heterocycles. The van der Waals surface area contributed by atoms with Crippen molar-refractivity contribution in [2.24, 2.45) is 0 Å². The molecule has 0 aromatic carbocycles. The number of carbonyl (C=O) groups excluding carboxylic acids is 1. The Hall–Kier alpha value is -2.01. The van der Waals surface area contributed by atoms with Crippen molar-refractivity contribution in [2.75, 3.05) is 11.4 Å². The fourth-order valence-corrected chi connectivity index (χ4v) is 2.35. The predicted molar refractivity (Wildman–Crippen MR) is 82.9 cm³/mol. The predicted octanol–water partition coefficient (Wildman–Crippen LogP) is 2.98. The largest absolute Gasteiger partial charge is 0.350 e. The third kappa shape index (κ3) is 3.55. The maximum Gasteiger partial charge on any atom is 0.156 e. The summed E-state index contributed by atoms with van der Waals surface area (Å²) in [4.78, 5) is 26.1. The molecule has 2 rings (SSSR count). The van der Waals surface area contributed by atoms with E-state index in [1.807, 2.05) is 36.9 Å². The maximum absolute atomic E-state index is 11.3. The summed E-state index contributed by atoms with van der Waals surface area (Å²) in [5, 5.41) is 0.183. The van der Waals surface area contributed by atoms with Gasteiger partial charge in [-0.2, -0.15) is 0 Å².